The summed E-state index contributed by atoms with van der Waals surface area (Å²) in [5.41, 5.74) is 7.18. The van der Waals surface area contributed by atoms with Crippen LogP contribution < -0.4 is 20.7 Å². The Morgan fingerprint density at radius 3 is 2.90 bits per heavy atom. The zero-order chi connectivity index (χ0) is 28.2. The molecule has 1 fully saturated rings. The normalized spacial score (nSPS) is 19.0. The number of thioether (sulfide) groups is 1. The molecule has 210 valence electrons. The molecule has 3 aromatic heterocycles. The first kappa shape index (κ1) is 27.6. The number of rotatable bonds is 12. The van der Waals surface area contributed by atoms with Crippen molar-refractivity contribution >= 4 is 57.4 Å². The quantitative estimate of drug-likeness (QED) is 0.104. The average Bonchev–Trinajstić information content (AvgIpc) is 3.56. The van der Waals surface area contributed by atoms with Crippen LogP contribution in [-0.2, 0) is 25.8 Å². The van der Waals surface area contributed by atoms with Gasteiger partial charge in [0.25, 0.3) is 17.5 Å². The van der Waals surface area contributed by atoms with Gasteiger partial charge < -0.3 is 25.8 Å². The lowest BCUT2D eigenvalue weighted by Crippen LogP contribution is -2.71. The topological polar surface area (TPSA) is 158 Å². The SMILES string of the molecule is CCCCCCO/N=C(/C(=O)N[C@@H]1C(=O)N2C(C(=O)[O-])=C(C[n+]3ccn4ccccc43)CS[C@H]12)c1csc(N)n1. The van der Waals surface area contributed by atoms with Gasteiger partial charge in [-0.2, -0.15) is 0 Å². The van der Waals surface area contributed by atoms with Gasteiger partial charge in [0.05, 0.1) is 17.9 Å². The van der Waals surface area contributed by atoms with E-state index in [-0.39, 0.29) is 28.8 Å². The number of nitrogens with one attached hydrogen (secondary N) is 1. The van der Waals surface area contributed by atoms with Crippen molar-refractivity contribution in [1.29, 1.82) is 0 Å². The van der Waals surface area contributed by atoms with Crippen LogP contribution in [-0.4, -0.2) is 61.6 Å². The van der Waals surface area contributed by atoms with Gasteiger partial charge in [-0.25, -0.2) is 14.0 Å². The number of carboxylic acid groups (broad SMARTS) is 1. The first-order valence-corrected chi connectivity index (χ1v) is 14.9. The van der Waals surface area contributed by atoms with Crippen LogP contribution in [0.25, 0.3) is 5.65 Å². The minimum absolute atomic E-state index is 0.0937. The van der Waals surface area contributed by atoms with E-state index in [9.17, 15) is 19.5 Å². The van der Waals surface area contributed by atoms with Crippen LogP contribution in [0.1, 0.15) is 38.3 Å². The number of nitrogens with two attached hydrogens (primary N) is 1. The Morgan fingerprint density at radius 1 is 1.30 bits per heavy atom. The van der Waals surface area contributed by atoms with Gasteiger partial charge in [0.1, 0.15) is 42.7 Å². The summed E-state index contributed by atoms with van der Waals surface area (Å²) in [5.74, 6) is -2.27. The molecule has 3 N–H and O–H groups in total. The number of hydrogen-bond acceptors (Lipinski definition) is 10. The highest BCUT2D eigenvalue weighted by molar-refractivity contribution is 8.00. The maximum absolute atomic E-state index is 13.2. The number of carbonyl (C=O) groups is 3. The standard InChI is InChI=1S/C26H29N7O5S2/c1-2-3-4-7-12-38-30-19(17-15-40-26(27)28-17)22(34)29-20-23(35)33-21(25(36)37)16(14-39-24(20)33)13-32-11-10-31-9-6-5-8-18(31)32/h5-6,8-11,15,20,24H,2-4,7,12-14H2,1H3,(H3-,27,28,29,34,36,37)/b30-19+/t20-,24-/m1/s1. The number of imidazole rings is 1. The summed E-state index contributed by atoms with van der Waals surface area (Å²) in [6.45, 7) is 2.72. The largest absolute Gasteiger partial charge is 0.543 e. The van der Waals surface area contributed by atoms with Gasteiger partial charge in [0.15, 0.2) is 10.8 Å². The van der Waals surface area contributed by atoms with Crippen LogP contribution in [0, 0.1) is 0 Å². The second-order valence-corrected chi connectivity index (χ2v) is 11.4. The first-order chi connectivity index (χ1) is 19.4. The number of nitrogen functional groups attached to an aromatic ring is 1. The number of fused-ring (bicyclic) bond motifs is 2. The maximum atomic E-state index is 13.2. The molecule has 2 aliphatic rings. The van der Waals surface area contributed by atoms with E-state index in [2.05, 4.69) is 22.4 Å². The maximum Gasteiger partial charge on any atom is 0.286 e. The number of oxime groups is 1. The molecular weight excluding hydrogens is 554 g/mol. The minimum Gasteiger partial charge on any atom is -0.543 e. The second kappa shape index (κ2) is 12.1. The Hall–Kier alpha value is -3.91. The highest BCUT2D eigenvalue weighted by Gasteiger charge is 2.53. The number of anilines is 1. The summed E-state index contributed by atoms with van der Waals surface area (Å²) in [7, 11) is 0. The molecule has 0 unspecified atom stereocenters. The lowest BCUT2D eigenvalue weighted by molar-refractivity contribution is -0.662. The van der Waals surface area contributed by atoms with Crippen molar-refractivity contribution < 1.29 is 28.9 Å². The van der Waals surface area contributed by atoms with Gasteiger partial charge in [-0.15, -0.1) is 23.1 Å². The molecule has 0 bridgehead atoms. The Balaban J connectivity index is 1.31. The van der Waals surface area contributed by atoms with Crippen molar-refractivity contribution in [3.05, 3.63) is 59.1 Å². The number of carbonyl (C=O) groups excluding carboxylic acids is 3. The molecule has 2 aliphatic heterocycles. The van der Waals surface area contributed by atoms with Crippen LogP contribution in [0.4, 0.5) is 5.13 Å². The Bertz CT molecular complexity index is 1500. The lowest BCUT2D eigenvalue weighted by Gasteiger charge is -2.50. The van der Waals surface area contributed by atoms with E-state index in [1.165, 1.54) is 16.7 Å². The smallest absolute Gasteiger partial charge is 0.286 e. The molecule has 3 aromatic rings. The number of carboxylic acids is 1. The number of unbranched alkanes of at least 4 members (excludes halogenated alkanes) is 3. The van der Waals surface area contributed by atoms with Gasteiger partial charge in [-0.05, 0) is 18.9 Å². The van der Waals surface area contributed by atoms with Gasteiger partial charge in [-0.1, -0.05) is 31.0 Å². The number of nitrogens with zero attached hydrogens (tertiary/aromatic N) is 5. The third-order valence-corrected chi connectivity index (χ3v) is 8.70. The van der Waals surface area contributed by atoms with E-state index >= 15 is 0 Å². The fraction of sp³-hybridized carbons (Fsp3) is 0.385. The van der Waals surface area contributed by atoms with E-state index in [1.807, 2.05) is 45.8 Å². The summed E-state index contributed by atoms with van der Waals surface area (Å²) < 4.78 is 3.83. The number of β-lactam (4-membered cyclic amide) rings is 1. The summed E-state index contributed by atoms with van der Waals surface area (Å²) in [5, 5.41) is 20.2. The van der Waals surface area contributed by atoms with Crippen LogP contribution in [0.5, 0.6) is 0 Å². The molecule has 2 atom stereocenters. The minimum atomic E-state index is -1.43. The van der Waals surface area contributed by atoms with Gasteiger partial charge >= 0.3 is 0 Å². The van der Waals surface area contributed by atoms with Crippen molar-refractivity contribution in [1.82, 2.24) is 19.6 Å². The zero-order valence-corrected chi connectivity index (χ0v) is 23.5. The molecule has 1 saturated heterocycles. The predicted molar refractivity (Wildman–Crippen MR) is 148 cm³/mol. The highest BCUT2D eigenvalue weighted by atomic mass is 32.2. The second-order valence-electron chi connectivity index (χ2n) is 9.40. The molecular formula is C26H29N7O5S2. The first-order valence-electron chi connectivity index (χ1n) is 12.9. The summed E-state index contributed by atoms with van der Waals surface area (Å²) >= 11 is 2.53. The number of aliphatic carboxylic acids is 1. The molecule has 12 nitrogen and oxygen atoms in total. The van der Waals surface area contributed by atoms with E-state index in [1.54, 1.807) is 5.38 Å². The molecule has 0 aliphatic carbocycles. The summed E-state index contributed by atoms with van der Waals surface area (Å²) in [6, 6.07) is 4.77. The fourth-order valence-electron chi connectivity index (χ4n) is 4.69. The van der Waals surface area contributed by atoms with Crippen molar-refractivity contribution in [3.63, 3.8) is 0 Å². The molecule has 2 amide bonds. The molecule has 5 rings (SSSR count). The third-order valence-electron chi connectivity index (χ3n) is 6.68. The van der Waals surface area contributed by atoms with E-state index in [4.69, 9.17) is 10.6 Å². The number of hydrogen-bond donors (Lipinski definition) is 2. The monoisotopic (exact) mass is 583 g/mol. The third kappa shape index (κ3) is 5.54. The van der Waals surface area contributed by atoms with Gasteiger partial charge in [-0.3, -0.25) is 14.5 Å². The van der Waals surface area contributed by atoms with Gasteiger partial charge in [0, 0.05) is 22.8 Å². The molecule has 40 heavy (non-hydrogen) atoms. The van der Waals surface area contributed by atoms with E-state index in [0.29, 0.717) is 17.9 Å². The molecule has 0 radical (unpaired) electrons. The van der Waals surface area contributed by atoms with Crippen LogP contribution in [0.2, 0.25) is 0 Å². The van der Waals surface area contributed by atoms with Crippen molar-refractivity contribution in [2.75, 3.05) is 18.1 Å². The Kier molecular flexibility index (Phi) is 8.35. The zero-order valence-electron chi connectivity index (χ0n) is 21.8. The lowest BCUT2D eigenvalue weighted by atomic mass is 10.0. The van der Waals surface area contributed by atoms with E-state index in [0.717, 1.165) is 42.7 Å². The number of thiazole rings is 1. The Labute approximate surface area is 238 Å². The van der Waals surface area contributed by atoms with Crippen molar-refractivity contribution in [2.45, 2.75) is 50.6 Å². The molecule has 14 heteroatoms. The molecule has 0 aromatic carbocycles. The van der Waals surface area contributed by atoms with Crippen molar-refractivity contribution in [3.8, 4) is 0 Å². The number of aromatic nitrogens is 3. The highest BCUT2D eigenvalue weighted by Crippen LogP contribution is 2.40. The molecule has 0 spiro atoms. The van der Waals surface area contributed by atoms with Crippen LogP contribution >= 0.6 is 23.1 Å². The summed E-state index contributed by atoms with van der Waals surface area (Å²) in [4.78, 5) is 49.4. The molecule has 0 saturated carbocycles. The number of pyridine rings is 1. The van der Waals surface area contributed by atoms with Crippen LogP contribution in [0.3, 0.4) is 0 Å². The van der Waals surface area contributed by atoms with Crippen molar-refractivity contribution in [2.24, 2.45) is 5.16 Å². The average molecular weight is 584 g/mol. The fourth-order valence-corrected chi connectivity index (χ4v) is 6.57. The van der Waals surface area contributed by atoms with E-state index < -0.39 is 29.2 Å². The summed E-state index contributed by atoms with van der Waals surface area (Å²) in [6.07, 6.45) is 9.55. The van der Waals surface area contributed by atoms with Gasteiger partial charge in [0.2, 0.25) is 0 Å². The number of amides is 2. The van der Waals surface area contributed by atoms with Crippen LogP contribution in [0.15, 0.2) is 58.6 Å². The predicted octanol–water partition coefficient (Wildman–Crippen LogP) is 0.671. The Morgan fingerprint density at radius 2 is 2.15 bits per heavy atom. The molecule has 5 heterocycles.